The standard InChI is InChI=1S/C18H22N4O2/c1-21(2)13-6-12(7-13)15-8-19-16-4-3-11(5-14(15)16)10-22-17(23)9-20-18(22)24/h3-5,8,12-13,19H,6-7,9-10H2,1-2H3,(H,20,24)/t12-,13-. The summed E-state index contributed by atoms with van der Waals surface area (Å²) < 4.78 is 0. The van der Waals surface area contributed by atoms with Gasteiger partial charge in [0.1, 0.15) is 0 Å². The number of nitrogens with zero attached hydrogens (tertiary/aromatic N) is 2. The molecule has 3 amide bonds. The van der Waals surface area contributed by atoms with Crippen molar-refractivity contribution in [2.45, 2.75) is 31.3 Å². The van der Waals surface area contributed by atoms with Gasteiger partial charge in [-0.3, -0.25) is 9.69 Å². The Hall–Kier alpha value is -2.34. The Balaban J connectivity index is 1.57. The lowest BCUT2D eigenvalue weighted by molar-refractivity contribution is -0.125. The summed E-state index contributed by atoms with van der Waals surface area (Å²) in [6, 6.07) is 6.49. The van der Waals surface area contributed by atoms with Gasteiger partial charge in [-0.1, -0.05) is 6.07 Å². The average molecular weight is 326 g/mol. The number of H-pyrrole nitrogens is 1. The number of hydrogen-bond donors (Lipinski definition) is 2. The number of hydrogen-bond acceptors (Lipinski definition) is 3. The monoisotopic (exact) mass is 326 g/mol. The minimum Gasteiger partial charge on any atom is -0.361 e. The molecule has 2 fully saturated rings. The number of benzene rings is 1. The summed E-state index contributed by atoms with van der Waals surface area (Å²) >= 11 is 0. The van der Waals surface area contributed by atoms with Crippen molar-refractivity contribution in [3.8, 4) is 0 Å². The molecule has 0 unspecified atom stereocenters. The van der Waals surface area contributed by atoms with Crippen molar-refractivity contribution in [3.63, 3.8) is 0 Å². The number of aromatic amines is 1. The van der Waals surface area contributed by atoms with E-state index in [2.05, 4.69) is 41.6 Å². The van der Waals surface area contributed by atoms with Crippen molar-refractivity contribution in [2.75, 3.05) is 20.6 Å². The number of urea groups is 1. The molecule has 1 saturated carbocycles. The second-order valence-corrected chi connectivity index (χ2v) is 7.05. The second-order valence-electron chi connectivity index (χ2n) is 7.05. The topological polar surface area (TPSA) is 68.4 Å². The van der Waals surface area contributed by atoms with Gasteiger partial charge in [0.05, 0.1) is 13.1 Å². The number of imide groups is 1. The van der Waals surface area contributed by atoms with Crippen LogP contribution in [0.3, 0.4) is 0 Å². The molecule has 1 aliphatic carbocycles. The molecule has 2 heterocycles. The molecule has 6 nitrogen and oxygen atoms in total. The van der Waals surface area contributed by atoms with Gasteiger partial charge in [0.2, 0.25) is 5.91 Å². The van der Waals surface area contributed by atoms with Crippen molar-refractivity contribution < 1.29 is 9.59 Å². The van der Waals surface area contributed by atoms with Gasteiger partial charge in [0, 0.05) is 23.1 Å². The maximum Gasteiger partial charge on any atom is 0.324 e. The van der Waals surface area contributed by atoms with Gasteiger partial charge in [-0.15, -0.1) is 0 Å². The number of carbonyl (C=O) groups is 2. The first-order valence-electron chi connectivity index (χ1n) is 8.37. The Labute approximate surface area is 140 Å². The van der Waals surface area contributed by atoms with Gasteiger partial charge in [-0.25, -0.2) is 4.79 Å². The van der Waals surface area contributed by atoms with Crippen LogP contribution in [-0.4, -0.2) is 53.4 Å². The molecule has 2 aromatic rings. The molecule has 0 atom stereocenters. The lowest BCUT2D eigenvalue weighted by atomic mass is 9.75. The summed E-state index contributed by atoms with van der Waals surface area (Å²) in [5.41, 5.74) is 3.44. The summed E-state index contributed by atoms with van der Waals surface area (Å²) in [5, 5.41) is 3.77. The van der Waals surface area contributed by atoms with Crippen molar-refractivity contribution in [2.24, 2.45) is 0 Å². The first kappa shape index (κ1) is 15.2. The van der Waals surface area contributed by atoms with Crippen LogP contribution in [-0.2, 0) is 11.3 Å². The van der Waals surface area contributed by atoms with Crippen LogP contribution in [0, 0.1) is 0 Å². The molecule has 1 aromatic heterocycles. The van der Waals surface area contributed by atoms with Crippen LogP contribution < -0.4 is 5.32 Å². The van der Waals surface area contributed by atoms with Gasteiger partial charge in [-0.05, 0) is 56.1 Å². The fourth-order valence-corrected chi connectivity index (χ4v) is 3.69. The molecule has 2 N–H and O–H groups in total. The second kappa shape index (κ2) is 5.63. The Bertz CT molecular complexity index is 788. The summed E-state index contributed by atoms with van der Waals surface area (Å²) in [6.45, 7) is 0.431. The zero-order valence-electron chi connectivity index (χ0n) is 14.0. The summed E-state index contributed by atoms with van der Waals surface area (Å²) in [6.07, 6.45) is 4.47. The highest BCUT2D eigenvalue weighted by Gasteiger charge is 2.33. The van der Waals surface area contributed by atoms with E-state index in [-0.39, 0.29) is 18.5 Å². The Morgan fingerprint density at radius 2 is 2.04 bits per heavy atom. The van der Waals surface area contributed by atoms with E-state index in [0.29, 0.717) is 18.5 Å². The van der Waals surface area contributed by atoms with E-state index in [9.17, 15) is 9.59 Å². The van der Waals surface area contributed by atoms with Crippen molar-refractivity contribution >= 4 is 22.8 Å². The number of rotatable bonds is 4. The van der Waals surface area contributed by atoms with Gasteiger partial charge in [0.25, 0.3) is 0 Å². The molecule has 6 heteroatoms. The zero-order chi connectivity index (χ0) is 16.8. The molecule has 1 saturated heterocycles. The van der Waals surface area contributed by atoms with E-state index in [0.717, 1.165) is 11.1 Å². The van der Waals surface area contributed by atoms with Gasteiger partial charge in [-0.2, -0.15) is 0 Å². The Kier molecular flexibility index (Phi) is 3.57. The van der Waals surface area contributed by atoms with Crippen LogP contribution in [0.25, 0.3) is 10.9 Å². The van der Waals surface area contributed by atoms with E-state index < -0.39 is 0 Å². The number of fused-ring (bicyclic) bond motifs is 1. The fourth-order valence-electron chi connectivity index (χ4n) is 3.69. The highest BCUT2D eigenvalue weighted by Crippen LogP contribution is 2.41. The maximum atomic E-state index is 11.8. The zero-order valence-corrected chi connectivity index (χ0v) is 14.0. The van der Waals surface area contributed by atoms with E-state index >= 15 is 0 Å². The number of amides is 3. The third kappa shape index (κ3) is 2.47. The van der Waals surface area contributed by atoms with E-state index in [4.69, 9.17) is 0 Å². The quantitative estimate of drug-likeness (QED) is 0.845. The van der Waals surface area contributed by atoms with E-state index in [1.54, 1.807) is 0 Å². The minimum atomic E-state index is -0.304. The number of carbonyl (C=O) groups excluding carboxylic acids is 2. The molecule has 2 aliphatic rings. The lowest BCUT2D eigenvalue weighted by Crippen LogP contribution is -2.39. The molecule has 126 valence electrons. The van der Waals surface area contributed by atoms with Crippen LogP contribution >= 0.6 is 0 Å². The van der Waals surface area contributed by atoms with Gasteiger partial charge < -0.3 is 15.2 Å². The highest BCUT2D eigenvalue weighted by molar-refractivity contribution is 6.01. The molecular formula is C18H22N4O2. The first-order valence-corrected chi connectivity index (χ1v) is 8.37. The SMILES string of the molecule is CN(C)[C@H]1C[C@H](c2c[nH]c3ccc(CN4C(=O)CNC4=O)cc32)C1. The molecule has 4 rings (SSSR count). The molecule has 1 aromatic carbocycles. The molecule has 0 spiro atoms. The summed E-state index contributed by atoms with van der Waals surface area (Å²) in [7, 11) is 4.26. The Morgan fingerprint density at radius 3 is 2.71 bits per heavy atom. The molecule has 0 bridgehead atoms. The third-order valence-electron chi connectivity index (χ3n) is 5.34. The summed E-state index contributed by atoms with van der Waals surface area (Å²) in [4.78, 5) is 30.4. The van der Waals surface area contributed by atoms with E-state index in [1.807, 2.05) is 12.1 Å². The average Bonchev–Trinajstić information content (AvgIpc) is 3.04. The van der Waals surface area contributed by atoms with Crippen LogP contribution in [0.4, 0.5) is 4.79 Å². The maximum absolute atomic E-state index is 11.8. The molecule has 0 radical (unpaired) electrons. The molecule has 24 heavy (non-hydrogen) atoms. The first-order chi connectivity index (χ1) is 11.5. The smallest absolute Gasteiger partial charge is 0.324 e. The largest absolute Gasteiger partial charge is 0.361 e. The third-order valence-corrected chi connectivity index (χ3v) is 5.34. The highest BCUT2D eigenvalue weighted by atomic mass is 16.2. The van der Waals surface area contributed by atoms with Crippen LogP contribution in [0.15, 0.2) is 24.4 Å². The van der Waals surface area contributed by atoms with Crippen LogP contribution in [0.1, 0.15) is 29.9 Å². The van der Waals surface area contributed by atoms with E-state index in [1.165, 1.54) is 28.7 Å². The Morgan fingerprint density at radius 1 is 1.25 bits per heavy atom. The molecule has 1 aliphatic heterocycles. The predicted molar refractivity (Wildman–Crippen MR) is 91.7 cm³/mol. The minimum absolute atomic E-state index is 0.102. The van der Waals surface area contributed by atoms with Crippen molar-refractivity contribution in [3.05, 3.63) is 35.5 Å². The van der Waals surface area contributed by atoms with Crippen molar-refractivity contribution in [1.82, 2.24) is 20.1 Å². The van der Waals surface area contributed by atoms with Crippen molar-refractivity contribution in [1.29, 1.82) is 0 Å². The summed E-state index contributed by atoms with van der Waals surface area (Å²) in [5.74, 6) is 0.417. The normalized spacial score (nSPS) is 23.9. The van der Waals surface area contributed by atoms with Gasteiger partial charge >= 0.3 is 6.03 Å². The number of nitrogens with one attached hydrogen (secondary N) is 2. The fraction of sp³-hybridized carbons (Fsp3) is 0.444. The van der Waals surface area contributed by atoms with Crippen LogP contribution in [0.5, 0.6) is 0 Å². The molecular weight excluding hydrogens is 304 g/mol. The predicted octanol–water partition coefficient (Wildman–Crippen LogP) is 2.03. The van der Waals surface area contributed by atoms with Gasteiger partial charge in [0.15, 0.2) is 0 Å². The lowest BCUT2D eigenvalue weighted by Gasteiger charge is -2.39. The van der Waals surface area contributed by atoms with Crippen LogP contribution in [0.2, 0.25) is 0 Å². The number of aromatic nitrogens is 1.